The molecule has 226 valence electrons. The van der Waals surface area contributed by atoms with E-state index >= 15 is 0 Å². The van der Waals surface area contributed by atoms with Crippen molar-refractivity contribution >= 4 is 88.5 Å². The Morgan fingerprint density at radius 1 is 0.902 bits per heavy atom. The molecule has 2 fully saturated rings. The third kappa shape index (κ3) is 10.0. The van der Waals surface area contributed by atoms with Crippen LogP contribution in [-0.2, 0) is 31.1 Å². The van der Waals surface area contributed by atoms with Gasteiger partial charge in [0, 0.05) is 21.3 Å². The fraction of sp³-hybridized carbons (Fsp3) is 0.417. The highest BCUT2D eigenvalue weighted by Gasteiger charge is 2.46. The molecule has 2 heterocycles. The summed E-state index contributed by atoms with van der Waals surface area (Å²) in [5, 5.41) is 2.84. The number of carbonyl (C=O) groups is 2. The van der Waals surface area contributed by atoms with E-state index in [1.807, 2.05) is 0 Å². The minimum absolute atomic E-state index is 0.0274. The number of hydrogen-bond acceptors (Lipinski definition) is 10. The van der Waals surface area contributed by atoms with E-state index in [0.29, 0.717) is 26.9 Å². The fourth-order valence-electron chi connectivity index (χ4n) is 4.29. The maximum absolute atomic E-state index is 12.1. The number of sulfone groups is 2. The van der Waals surface area contributed by atoms with E-state index < -0.39 is 41.9 Å². The van der Waals surface area contributed by atoms with Gasteiger partial charge in [-0.25, -0.2) is 16.8 Å². The van der Waals surface area contributed by atoms with Gasteiger partial charge in [-0.1, -0.05) is 23.2 Å². The fourth-order valence-corrected chi connectivity index (χ4v) is 9.22. The molecule has 0 saturated carbocycles. The summed E-state index contributed by atoms with van der Waals surface area (Å²) in [5.41, 5.74) is 12.5. The molecule has 2 saturated heterocycles. The van der Waals surface area contributed by atoms with Crippen LogP contribution in [0.25, 0.3) is 0 Å². The molecule has 0 bridgehead atoms. The lowest BCUT2D eigenvalue weighted by atomic mass is 10.0. The summed E-state index contributed by atoms with van der Waals surface area (Å²) in [6.07, 6.45) is 0. The van der Waals surface area contributed by atoms with Gasteiger partial charge in [-0.05, 0) is 74.7 Å². The van der Waals surface area contributed by atoms with Crippen molar-refractivity contribution in [2.75, 3.05) is 28.7 Å². The summed E-state index contributed by atoms with van der Waals surface area (Å²) in [6, 6.07) is 6.15. The normalized spacial score (nSPS) is 18.4. The Bertz CT molecular complexity index is 1630. The van der Waals surface area contributed by atoms with E-state index in [9.17, 15) is 30.6 Å². The van der Waals surface area contributed by atoms with Crippen molar-refractivity contribution in [1.29, 1.82) is 0 Å². The zero-order valence-electron chi connectivity index (χ0n) is 22.5. The first-order chi connectivity index (χ1) is 18.6. The molecule has 0 aromatic heterocycles. The minimum atomic E-state index is -3.02. The topological polar surface area (TPSA) is 196 Å². The van der Waals surface area contributed by atoms with E-state index in [0.717, 1.165) is 0 Å². The van der Waals surface area contributed by atoms with Crippen molar-refractivity contribution < 1.29 is 30.6 Å². The van der Waals surface area contributed by atoms with E-state index in [4.69, 9.17) is 46.3 Å². The molecule has 5 N–H and O–H groups in total. The van der Waals surface area contributed by atoms with Gasteiger partial charge in [-0.3, -0.25) is 9.59 Å². The van der Waals surface area contributed by atoms with Gasteiger partial charge in [0.15, 0.2) is 19.7 Å². The Hall–Kier alpha value is -2.07. The zero-order valence-corrected chi connectivity index (χ0v) is 27.2. The molecule has 0 aliphatic carbocycles. The number of halogens is 3. The molecular weight excluding hydrogens is 659 g/mol. The van der Waals surface area contributed by atoms with Gasteiger partial charge in [-0.15, -0.1) is 0 Å². The molecule has 11 nitrogen and oxygen atoms in total. The van der Waals surface area contributed by atoms with Crippen molar-refractivity contribution in [1.82, 2.24) is 5.32 Å². The second-order valence-electron chi connectivity index (χ2n) is 10.5. The summed E-state index contributed by atoms with van der Waals surface area (Å²) in [4.78, 5) is 23.1. The third-order valence-corrected chi connectivity index (χ3v) is 11.0. The summed E-state index contributed by atoms with van der Waals surface area (Å²) in [6.45, 7) is 6.89. The first-order valence-corrected chi connectivity index (χ1v) is 17.1. The number of carbonyl (C=O) groups excluding carboxylic acids is 2. The Balaban J connectivity index is 0.000000234. The number of aryl methyl sites for hydroxylation is 2. The lowest BCUT2D eigenvalue weighted by Gasteiger charge is -2.38. The van der Waals surface area contributed by atoms with Gasteiger partial charge in [0.2, 0.25) is 11.5 Å². The van der Waals surface area contributed by atoms with Crippen LogP contribution in [0.15, 0.2) is 28.6 Å². The predicted octanol–water partition coefficient (Wildman–Crippen LogP) is 3.34. The van der Waals surface area contributed by atoms with Gasteiger partial charge in [-0.2, -0.15) is 8.57 Å². The Morgan fingerprint density at radius 2 is 1.37 bits per heavy atom. The highest BCUT2D eigenvalue weighted by Crippen LogP contribution is 2.29. The van der Waals surface area contributed by atoms with Crippen LogP contribution in [0.3, 0.4) is 0 Å². The van der Waals surface area contributed by atoms with Crippen molar-refractivity contribution in [2.24, 2.45) is 10.1 Å². The second kappa shape index (κ2) is 13.1. The van der Waals surface area contributed by atoms with Crippen molar-refractivity contribution in [3.63, 3.8) is 0 Å². The molecule has 2 aromatic carbocycles. The quantitative estimate of drug-likeness (QED) is 0.319. The number of nitrogens with one attached hydrogen (secondary N) is 1. The number of anilines is 1. The number of benzene rings is 2. The van der Waals surface area contributed by atoms with Crippen LogP contribution >= 0.6 is 34.8 Å². The molecule has 0 unspecified atom stereocenters. The largest absolute Gasteiger partial charge is 0.398 e. The predicted molar refractivity (Wildman–Crippen MR) is 163 cm³/mol. The molecule has 0 atom stereocenters. The summed E-state index contributed by atoms with van der Waals surface area (Å²) in [7, 11) is -5.73. The first-order valence-electron chi connectivity index (χ1n) is 11.7. The standard InChI is InChI=1S/C12H15ClN2O3S.C8H5Cl2NO2S.C4H9NO2S/c1-7-3-8(13)4-9(10(7)14)11(16)15-12(2)5-19(17,18)6-12;1-4-2-5(9)3-6(8(10)12)7(4)11-14-13;1-4(5)2-8(6,7)3-4/h3-4H,5-6,14H2,1-2H3,(H,15,16);2-3H,1H3;2-3,5H2,1H3. The van der Waals surface area contributed by atoms with Crippen molar-refractivity contribution in [3.8, 4) is 0 Å². The maximum Gasteiger partial charge on any atom is 0.254 e. The number of amides is 1. The SMILES string of the molecule is CC1(N)CS(=O)(=O)C1.Cc1cc(Cl)cc(C(=O)Cl)c1N=S=O.Cc1cc(Cl)cc(C(=O)NC2(C)CS(=O)(=O)C2)c1N. The Morgan fingerprint density at radius 3 is 1.76 bits per heavy atom. The van der Waals surface area contributed by atoms with Crippen LogP contribution in [0.2, 0.25) is 10.0 Å². The molecular formula is C24H29Cl3N4O7S3. The van der Waals surface area contributed by atoms with E-state index in [-0.39, 0.29) is 51.3 Å². The van der Waals surface area contributed by atoms with Crippen LogP contribution in [0.5, 0.6) is 0 Å². The van der Waals surface area contributed by atoms with E-state index in [1.165, 1.54) is 12.1 Å². The molecule has 0 spiro atoms. The number of nitrogen functional groups attached to an aromatic ring is 1. The zero-order chi connectivity index (χ0) is 31.6. The van der Waals surface area contributed by atoms with Crippen LogP contribution in [-0.4, -0.2) is 66.3 Å². The summed E-state index contributed by atoms with van der Waals surface area (Å²) < 4.78 is 57.1. The third-order valence-electron chi connectivity index (χ3n) is 5.79. The van der Waals surface area contributed by atoms with Gasteiger partial charge >= 0.3 is 0 Å². The van der Waals surface area contributed by atoms with Gasteiger partial charge in [0.25, 0.3) is 11.1 Å². The molecule has 1 amide bonds. The summed E-state index contributed by atoms with van der Waals surface area (Å²) in [5.74, 6) is -0.198. The molecule has 2 aromatic rings. The lowest BCUT2D eigenvalue weighted by Crippen LogP contribution is -2.63. The molecule has 0 radical (unpaired) electrons. The van der Waals surface area contributed by atoms with Crippen LogP contribution in [0, 0.1) is 13.8 Å². The van der Waals surface area contributed by atoms with Gasteiger partial charge in [0.05, 0.1) is 45.4 Å². The number of nitrogens with zero attached hydrogens (tertiary/aromatic N) is 1. The van der Waals surface area contributed by atoms with Gasteiger partial charge < -0.3 is 16.8 Å². The molecule has 17 heteroatoms. The number of hydrogen-bond donors (Lipinski definition) is 3. The maximum atomic E-state index is 12.1. The first kappa shape index (κ1) is 35.1. The molecule has 41 heavy (non-hydrogen) atoms. The van der Waals surface area contributed by atoms with E-state index in [1.54, 1.807) is 39.8 Å². The van der Waals surface area contributed by atoms with Crippen molar-refractivity contribution in [3.05, 3.63) is 56.6 Å². The molecule has 2 aliphatic heterocycles. The van der Waals surface area contributed by atoms with Crippen molar-refractivity contribution in [2.45, 2.75) is 38.8 Å². The highest BCUT2D eigenvalue weighted by molar-refractivity contribution is 7.93. The molecule has 4 rings (SSSR count). The minimum Gasteiger partial charge on any atom is -0.398 e. The smallest absolute Gasteiger partial charge is 0.254 e. The van der Waals surface area contributed by atoms with Crippen LogP contribution < -0.4 is 16.8 Å². The van der Waals surface area contributed by atoms with Crippen LogP contribution in [0.1, 0.15) is 45.7 Å². The Kier molecular flexibility index (Phi) is 11.2. The monoisotopic (exact) mass is 686 g/mol. The van der Waals surface area contributed by atoms with Gasteiger partial charge in [0.1, 0.15) is 0 Å². The highest BCUT2D eigenvalue weighted by atomic mass is 35.5. The number of nitrogens with two attached hydrogens (primary N) is 2. The second-order valence-corrected chi connectivity index (χ2v) is 16.2. The Labute approximate surface area is 257 Å². The lowest BCUT2D eigenvalue weighted by molar-refractivity contribution is 0.0917. The average molecular weight is 688 g/mol. The molecule has 2 aliphatic rings. The van der Waals surface area contributed by atoms with Crippen LogP contribution in [0.4, 0.5) is 11.4 Å². The van der Waals surface area contributed by atoms with E-state index in [2.05, 4.69) is 9.68 Å². The number of rotatable bonds is 4. The summed E-state index contributed by atoms with van der Waals surface area (Å²) >= 11 is 17.0. The average Bonchev–Trinajstić information content (AvgIpc) is 2.75.